The Bertz CT molecular complexity index is 858. The summed E-state index contributed by atoms with van der Waals surface area (Å²) in [6.45, 7) is 4.16. The number of hydrogen-bond donors (Lipinski definition) is 2. The fraction of sp³-hybridized carbons (Fsp3) is 0.421. The number of aryl methyl sites for hydroxylation is 1. The topological polar surface area (TPSA) is 87.4 Å². The van der Waals surface area contributed by atoms with E-state index in [1.165, 1.54) is 17.6 Å². The van der Waals surface area contributed by atoms with Crippen LogP contribution in [0.1, 0.15) is 24.2 Å². The zero-order valence-corrected chi connectivity index (χ0v) is 16.9. The van der Waals surface area contributed by atoms with Crippen LogP contribution in [0.3, 0.4) is 0 Å². The molecule has 0 aliphatic carbocycles. The number of aromatic nitrogens is 2. The average molecular weight is 405 g/mol. The molecule has 150 valence electrons. The summed E-state index contributed by atoms with van der Waals surface area (Å²) in [5, 5.41) is 3.28. The Kier molecular flexibility index (Phi) is 6.58. The molecule has 28 heavy (non-hydrogen) atoms. The number of rotatable bonds is 5. The first-order valence-electron chi connectivity index (χ1n) is 9.22. The van der Waals surface area contributed by atoms with E-state index in [2.05, 4.69) is 14.7 Å². The molecule has 2 amide bonds. The lowest BCUT2D eigenvalue weighted by atomic mass is 10.0. The molecular formula is C19H25FN6OS. The number of carbonyl (C=O) groups excluding carboxylic acids is 1. The van der Waals surface area contributed by atoms with Crippen molar-refractivity contribution in [1.82, 2.24) is 14.3 Å². The number of amides is 2. The summed E-state index contributed by atoms with van der Waals surface area (Å²) < 4.78 is 18.5. The molecule has 9 heteroatoms. The number of nitrogens with zero attached hydrogens (tertiary/aromatic N) is 4. The molecule has 0 radical (unpaired) electrons. The third kappa shape index (κ3) is 5.05. The van der Waals surface area contributed by atoms with Gasteiger partial charge >= 0.3 is 6.03 Å². The number of benzene rings is 1. The second-order valence-electron chi connectivity index (χ2n) is 6.78. The summed E-state index contributed by atoms with van der Waals surface area (Å²) in [5.41, 5.74) is 8.07. The Morgan fingerprint density at radius 1 is 1.43 bits per heavy atom. The number of likely N-dealkylation sites (N-methyl/N-ethyl adjacent to an activating group) is 1. The van der Waals surface area contributed by atoms with Gasteiger partial charge in [0.15, 0.2) is 0 Å². The predicted molar refractivity (Wildman–Crippen MR) is 111 cm³/mol. The van der Waals surface area contributed by atoms with E-state index in [0.717, 1.165) is 24.1 Å². The minimum absolute atomic E-state index is 0.173. The maximum atomic E-state index is 14.5. The van der Waals surface area contributed by atoms with Crippen molar-refractivity contribution >= 4 is 34.5 Å². The van der Waals surface area contributed by atoms with E-state index >= 15 is 0 Å². The van der Waals surface area contributed by atoms with Gasteiger partial charge in [-0.05, 0) is 38.0 Å². The zero-order chi connectivity index (χ0) is 20.1. The number of nitrogens with two attached hydrogens (primary N) is 1. The van der Waals surface area contributed by atoms with Gasteiger partial charge in [-0.15, -0.1) is 0 Å². The number of urea groups is 1. The van der Waals surface area contributed by atoms with Gasteiger partial charge in [-0.3, -0.25) is 5.32 Å². The highest BCUT2D eigenvalue weighted by Gasteiger charge is 2.20. The molecule has 1 aliphatic rings. The van der Waals surface area contributed by atoms with Crippen molar-refractivity contribution in [2.75, 3.05) is 43.4 Å². The number of anilines is 2. The Balaban J connectivity index is 1.58. The van der Waals surface area contributed by atoms with Gasteiger partial charge < -0.3 is 15.5 Å². The predicted octanol–water partition coefficient (Wildman–Crippen LogP) is 3.09. The van der Waals surface area contributed by atoms with Crippen molar-refractivity contribution in [1.29, 1.82) is 0 Å². The molecule has 1 aromatic heterocycles. The Morgan fingerprint density at radius 2 is 2.18 bits per heavy atom. The zero-order valence-electron chi connectivity index (χ0n) is 16.1. The van der Waals surface area contributed by atoms with Gasteiger partial charge in [0.1, 0.15) is 11.6 Å². The molecule has 0 saturated carbocycles. The fourth-order valence-electron chi connectivity index (χ4n) is 3.07. The first-order valence-corrected chi connectivity index (χ1v) is 10.00. The second-order valence-corrected chi connectivity index (χ2v) is 7.53. The maximum Gasteiger partial charge on any atom is 0.323 e. The van der Waals surface area contributed by atoms with E-state index < -0.39 is 0 Å². The summed E-state index contributed by atoms with van der Waals surface area (Å²) in [6.07, 6.45) is 3.33. The third-order valence-electron chi connectivity index (χ3n) is 4.68. The molecule has 1 fully saturated rings. The Labute approximate surface area is 168 Å². The third-order valence-corrected chi connectivity index (χ3v) is 5.41. The molecule has 7 nitrogen and oxygen atoms in total. The largest absolute Gasteiger partial charge is 0.373 e. The van der Waals surface area contributed by atoms with E-state index in [-0.39, 0.29) is 11.8 Å². The SMILES string of the molecule is Cc1nsc(NC(=O)N2CCC(=Cc3ccc(N(C)CCN)cc3F)CC2)n1. The van der Waals surface area contributed by atoms with Gasteiger partial charge in [-0.1, -0.05) is 11.6 Å². The van der Waals surface area contributed by atoms with Crippen LogP contribution in [0, 0.1) is 12.7 Å². The molecule has 0 bridgehead atoms. The number of hydrogen-bond acceptors (Lipinski definition) is 6. The highest BCUT2D eigenvalue weighted by atomic mass is 32.1. The minimum Gasteiger partial charge on any atom is -0.373 e. The van der Waals surface area contributed by atoms with Crippen LogP contribution in [0.5, 0.6) is 0 Å². The highest BCUT2D eigenvalue weighted by molar-refractivity contribution is 7.09. The van der Waals surface area contributed by atoms with Crippen molar-refractivity contribution in [2.45, 2.75) is 19.8 Å². The molecule has 3 N–H and O–H groups in total. The van der Waals surface area contributed by atoms with Crippen molar-refractivity contribution in [3.8, 4) is 0 Å². The lowest BCUT2D eigenvalue weighted by molar-refractivity contribution is 0.208. The van der Waals surface area contributed by atoms with Crippen LogP contribution in [-0.4, -0.2) is 53.5 Å². The molecule has 0 atom stereocenters. The standard InChI is InChI=1S/C19H25FN6OS/c1-13-22-18(28-24-13)23-19(27)26-8-5-14(6-9-26)11-15-3-4-16(12-17(15)20)25(2)10-7-21/h3-4,11-12H,5-10,21H2,1-2H3,(H,22,23,24,27). The quantitative estimate of drug-likeness (QED) is 0.800. The van der Waals surface area contributed by atoms with Gasteiger partial charge in [0.2, 0.25) is 5.13 Å². The molecular weight excluding hydrogens is 379 g/mol. The number of carbonyl (C=O) groups is 1. The fourth-order valence-corrected chi connectivity index (χ4v) is 3.64. The highest BCUT2D eigenvalue weighted by Crippen LogP contribution is 2.24. The van der Waals surface area contributed by atoms with Gasteiger partial charge in [-0.25, -0.2) is 14.2 Å². The lowest BCUT2D eigenvalue weighted by Crippen LogP contribution is -2.39. The van der Waals surface area contributed by atoms with E-state index in [0.29, 0.717) is 42.7 Å². The van der Waals surface area contributed by atoms with E-state index in [9.17, 15) is 9.18 Å². The summed E-state index contributed by atoms with van der Waals surface area (Å²) in [6, 6.07) is 5.06. The van der Waals surface area contributed by atoms with Crippen LogP contribution < -0.4 is 16.0 Å². The van der Waals surface area contributed by atoms with Gasteiger partial charge in [0.25, 0.3) is 0 Å². The average Bonchev–Trinajstić information content (AvgIpc) is 3.08. The number of halogens is 1. The van der Waals surface area contributed by atoms with Crippen LogP contribution in [0.25, 0.3) is 6.08 Å². The van der Waals surface area contributed by atoms with Gasteiger partial charge in [0, 0.05) is 56.0 Å². The molecule has 0 unspecified atom stereocenters. The molecule has 1 saturated heterocycles. The van der Waals surface area contributed by atoms with Crippen molar-refractivity contribution in [3.63, 3.8) is 0 Å². The summed E-state index contributed by atoms with van der Waals surface area (Å²) >= 11 is 1.17. The second kappa shape index (κ2) is 9.11. The van der Waals surface area contributed by atoms with Crippen molar-refractivity contribution < 1.29 is 9.18 Å². The molecule has 1 aliphatic heterocycles. The monoisotopic (exact) mass is 404 g/mol. The van der Waals surface area contributed by atoms with Crippen LogP contribution in [-0.2, 0) is 0 Å². The van der Waals surface area contributed by atoms with Crippen molar-refractivity contribution in [3.05, 3.63) is 41.0 Å². The molecule has 0 spiro atoms. The number of piperidine rings is 1. The molecule has 2 aromatic rings. The van der Waals surface area contributed by atoms with Crippen LogP contribution in [0.2, 0.25) is 0 Å². The minimum atomic E-state index is -0.249. The van der Waals surface area contributed by atoms with Crippen LogP contribution in [0.4, 0.5) is 20.0 Å². The smallest absolute Gasteiger partial charge is 0.323 e. The van der Waals surface area contributed by atoms with Gasteiger partial charge in [0.05, 0.1) is 0 Å². The number of nitrogens with one attached hydrogen (secondary N) is 1. The maximum absolute atomic E-state index is 14.5. The number of likely N-dealkylation sites (tertiary alicyclic amines) is 1. The molecule has 3 rings (SSSR count). The van der Waals surface area contributed by atoms with Crippen LogP contribution in [0.15, 0.2) is 23.8 Å². The Morgan fingerprint density at radius 3 is 2.79 bits per heavy atom. The molecule has 1 aromatic carbocycles. The summed E-state index contributed by atoms with van der Waals surface area (Å²) in [7, 11) is 1.89. The summed E-state index contributed by atoms with van der Waals surface area (Å²) in [5.74, 6) is 0.395. The first-order chi connectivity index (χ1) is 13.5. The Hall–Kier alpha value is -2.52. The first kappa shape index (κ1) is 20.2. The van der Waals surface area contributed by atoms with E-state index in [1.54, 1.807) is 17.9 Å². The lowest BCUT2D eigenvalue weighted by Gasteiger charge is -2.28. The van der Waals surface area contributed by atoms with Crippen molar-refractivity contribution in [2.24, 2.45) is 5.73 Å². The normalized spacial score (nSPS) is 14.1. The molecule has 2 heterocycles. The van der Waals surface area contributed by atoms with Gasteiger partial charge in [-0.2, -0.15) is 4.37 Å². The van der Waals surface area contributed by atoms with Crippen LogP contribution >= 0.6 is 11.5 Å². The van der Waals surface area contributed by atoms with E-state index in [1.807, 2.05) is 24.1 Å². The summed E-state index contributed by atoms with van der Waals surface area (Å²) in [4.78, 5) is 20.1. The van der Waals surface area contributed by atoms with E-state index in [4.69, 9.17) is 5.73 Å².